The van der Waals surface area contributed by atoms with Crippen LogP contribution in [0.2, 0.25) is 0 Å². The highest BCUT2D eigenvalue weighted by Crippen LogP contribution is 2.24. The third-order valence-corrected chi connectivity index (χ3v) is 5.35. The normalized spacial score (nSPS) is 24.0. The van der Waals surface area contributed by atoms with Crippen LogP contribution in [0.15, 0.2) is 29.2 Å². The second-order valence-corrected chi connectivity index (χ2v) is 7.29. The Bertz CT molecular complexity index is 564. The van der Waals surface area contributed by atoms with Gasteiger partial charge in [-0.1, -0.05) is 18.6 Å². The highest BCUT2D eigenvalue weighted by molar-refractivity contribution is 7.89. The van der Waals surface area contributed by atoms with Crippen molar-refractivity contribution in [1.82, 2.24) is 9.84 Å². The van der Waals surface area contributed by atoms with Crippen molar-refractivity contribution in [1.29, 1.82) is 0 Å². The molecule has 1 aliphatic heterocycles. The molecule has 5 nitrogen and oxygen atoms in total. The lowest BCUT2D eigenvalue weighted by atomic mass is 10.0. The van der Waals surface area contributed by atoms with Crippen molar-refractivity contribution in [2.24, 2.45) is 0 Å². The van der Waals surface area contributed by atoms with E-state index in [0.717, 1.165) is 19.3 Å². The van der Waals surface area contributed by atoms with E-state index >= 15 is 0 Å². The molecule has 1 aromatic carbocycles. The first-order chi connectivity index (χ1) is 9.95. The summed E-state index contributed by atoms with van der Waals surface area (Å²) in [4.78, 5) is 3.08. The van der Waals surface area contributed by atoms with E-state index in [1.807, 2.05) is 18.0 Å². The summed E-state index contributed by atoms with van der Waals surface area (Å²) in [6.45, 7) is 6.76. The van der Waals surface area contributed by atoms with Gasteiger partial charge < -0.3 is 5.32 Å². The molecule has 2 unspecified atom stereocenters. The van der Waals surface area contributed by atoms with Gasteiger partial charge in [0.15, 0.2) is 0 Å². The van der Waals surface area contributed by atoms with Gasteiger partial charge in [-0.3, -0.25) is 0 Å². The van der Waals surface area contributed by atoms with Crippen LogP contribution >= 0.6 is 0 Å². The lowest BCUT2D eigenvalue weighted by Gasteiger charge is -2.38. The minimum Gasteiger partial charge on any atom is -0.384 e. The van der Waals surface area contributed by atoms with Gasteiger partial charge in [-0.05, 0) is 45.7 Å². The van der Waals surface area contributed by atoms with E-state index in [2.05, 4.69) is 24.0 Å². The summed E-state index contributed by atoms with van der Waals surface area (Å²) >= 11 is 0. The third-order valence-electron chi connectivity index (χ3n) is 3.96. The Morgan fingerprint density at radius 1 is 1.19 bits per heavy atom. The fraction of sp³-hybridized carbons (Fsp3) is 0.600. The summed E-state index contributed by atoms with van der Waals surface area (Å²) in [5.74, 6) is 0. The molecule has 1 saturated heterocycles. The zero-order chi connectivity index (χ0) is 15.5. The number of benzene rings is 1. The van der Waals surface area contributed by atoms with Crippen molar-refractivity contribution in [2.75, 3.05) is 11.9 Å². The van der Waals surface area contributed by atoms with Crippen LogP contribution in [0.5, 0.6) is 0 Å². The van der Waals surface area contributed by atoms with Gasteiger partial charge in [0.25, 0.3) is 10.0 Å². The van der Waals surface area contributed by atoms with Crippen LogP contribution in [0.1, 0.15) is 40.0 Å². The molecular formula is C15H25N3O2S. The zero-order valence-electron chi connectivity index (χ0n) is 13.0. The highest BCUT2D eigenvalue weighted by atomic mass is 32.2. The molecule has 0 aliphatic carbocycles. The Kier molecular flexibility index (Phi) is 5.24. The van der Waals surface area contributed by atoms with Gasteiger partial charge in [0.1, 0.15) is 4.90 Å². The Morgan fingerprint density at radius 3 is 2.43 bits per heavy atom. The van der Waals surface area contributed by atoms with Crippen LogP contribution in [-0.4, -0.2) is 32.1 Å². The van der Waals surface area contributed by atoms with Crippen LogP contribution in [0.25, 0.3) is 0 Å². The number of nitrogens with zero attached hydrogens (tertiary/aromatic N) is 1. The first-order valence-electron chi connectivity index (χ1n) is 7.59. The summed E-state index contributed by atoms with van der Waals surface area (Å²) in [5, 5.41) is 4.98. The molecule has 2 rings (SSSR count). The fourth-order valence-electron chi connectivity index (χ4n) is 2.83. The molecule has 2 N–H and O–H groups in total. The quantitative estimate of drug-likeness (QED) is 0.877. The van der Waals surface area contributed by atoms with Crippen molar-refractivity contribution in [3.05, 3.63) is 24.3 Å². The number of hydrazine groups is 1. The molecule has 2 atom stereocenters. The maximum Gasteiger partial charge on any atom is 0.255 e. The van der Waals surface area contributed by atoms with E-state index in [1.54, 1.807) is 18.2 Å². The van der Waals surface area contributed by atoms with Crippen LogP contribution < -0.4 is 10.1 Å². The van der Waals surface area contributed by atoms with Crippen molar-refractivity contribution in [2.45, 2.75) is 57.0 Å². The van der Waals surface area contributed by atoms with E-state index < -0.39 is 10.0 Å². The molecular weight excluding hydrogens is 286 g/mol. The SMILES string of the molecule is CCNc1ccccc1S(=O)(=O)NN1C(C)CCCC1C. The van der Waals surface area contributed by atoms with E-state index in [0.29, 0.717) is 17.1 Å². The minimum absolute atomic E-state index is 0.217. The van der Waals surface area contributed by atoms with E-state index in [9.17, 15) is 8.42 Å². The smallest absolute Gasteiger partial charge is 0.255 e. The number of hydrogen-bond acceptors (Lipinski definition) is 4. The van der Waals surface area contributed by atoms with Crippen molar-refractivity contribution in [3.8, 4) is 0 Å². The van der Waals surface area contributed by atoms with Crippen molar-refractivity contribution in [3.63, 3.8) is 0 Å². The number of para-hydroxylation sites is 1. The Hall–Kier alpha value is -1.11. The van der Waals surface area contributed by atoms with E-state index in [4.69, 9.17) is 0 Å². The van der Waals surface area contributed by atoms with Gasteiger partial charge in [0, 0.05) is 18.6 Å². The molecule has 1 fully saturated rings. The summed E-state index contributed by atoms with van der Waals surface area (Å²) < 4.78 is 25.4. The molecule has 0 saturated carbocycles. The number of nitrogens with one attached hydrogen (secondary N) is 2. The van der Waals surface area contributed by atoms with Gasteiger partial charge in [-0.15, -0.1) is 4.83 Å². The van der Waals surface area contributed by atoms with E-state index in [-0.39, 0.29) is 12.1 Å². The first-order valence-corrected chi connectivity index (χ1v) is 9.07. The molecule has 0 amide bonds. The lowest BCUT2D eigenvalue weighted by Crippen LogP contribution is -2.54. The van der Waals surface area contributed by atoms with Gasteiger partial charge in [-0.25, -0.2) is 13.4 Å². The monoisotopic (exact) mass is 311 g/mol. The third kappa shape index (κ3) is 3.75. The van der Waals surface area contributed by atoms with Gasteiger partial charge >= 0.3 is 0 Å². The number of rotatable bonds is 5. The molecule has 1 aromatic rings. The van der Waals surface area contributed by atoms with Gasteiger partial charge in [-0.2, -0.15) is 0 Å². The maximum atomic E-state index is 12.7. The number of sulfonamides is 1. The highest BCUT2D eigenvalue weighted by Gasteiger charge is 2.30. The van der Waals surface area contributed by atoms with Gasteiger partial charge in [0.2, 0.25) is 0 Å². The molecule has 0 aromatic heterocycles. The van der Waals surface area contributed by atoms with Gasteiger partial charge in [0.05, 0.1) is 5.69 Å². The average Bonchev–Trinajstić information content (AvgIpc) is 2.44. The molecule has 0 radical (unpaired) electrons. The average molecular weight is 311 g/mol. The molecule has 1 aliphatic rings. The van der Waals surface area contributed by atoms with E-state index in [1.165, 1.54) is 0 Å². The van der Waals surface area contributed by atoms with Crippen LogP contribution in [0, 0.1) is 0 Å². The number of anilines is 1. The topological polar surface area (TPSA) is 61.4 Å². The minimum atomic E-state index is -3.57. The Balaban J connectivity index is 2.26. The van der Waals surface area contributed by atoms with Crippen LogP contribution in [-0.2, 0) is 10.0 Å². The van der Waals surface area contributed by atoms with Crippen molar-refractivity contribution < 1.29 is 8.42 Å². The van der Waals surface area contributed by atoms with Crippen LogP contribution in [0.4, 0.5) is 5.69 Å². The number of hydrogen-bond donors (Lipinski definition) is 2. The molecule has 0 bridgehead atoms. The zero-order valence-corrected chi connectivity index (χ0v) is 13.8. The Morgan fingerprint density at radius 2 is 1.81 bits per heavy atom. The van der Waals surface area contributed by atoms with Crippen molar-refractivity contribution >= 4 is 15.7 Å². The molecule has 0 spiro atoms. The maximum absolute atomic E-state index is 12.7. The molecule has 6 heteroatoms. The fourth-order valence-corrected chi connectivity index (χ4v) is 4.25. The predicted molar refractivity (Wildman–Crippen MR) is 85.5 cm³/mol. The summed E-state index contributed by atoms with van der Waals surface area (Å²) in [5.41, 5.74) is 0.643. The summed E-state index contributed by atoms with van der Waals surface area (Å²) in [6, 6.07) is 7.45. The summed E-state index contributed by atoms with van der Waals surface area (Å²) in [6.07, 6.45) is 3.18. The molecule has 118 valence electrons. The molecule has 1 heterocycles. The largest absolute Gasteiger partial charge is 0.384 e. The molecule has 21 heavy (non-hydrogen) atoms. The standard InChI is InChI=1S/C15H25N3O2S/c1-4-16-14-10-5-6-11-15(14)21(19,20)17-18-12(2)8-7-9-13(18)3/h5-6,10-13,16-17H,4,7-9H2,1-3H3. The lowest BCUT2D eigenvalue weighted by molar-refractivity contribution is 0.0790. The second-order valence-electron chi connectivity index (χ2n) is 5.66. The predicted octanol–water partition coefficient (Wildman–Crippen LogP) is 2.57. The number of piperidine rings is 1. The second kappa shape index (κ2) is 6.77. The Labute approximate surface area is 127 Å². The first kappa shape index (κ1) is 16.3. The van der Waals surface area contributed by atoms with Crippen LogP contribution in [0.3, 0.4) is 0 Å². The summed E-state index contributed by atoms with van der Waals surface area (Å²) in [7, 11) is -3.57.